The van der Waals surface area contributed by atoms with Crippen LogP contribution in [0.1, 0.15) is 6.92 Å². The largest absolute Gasteiger partial charge is 0.497 e. The monoisotopic (exact) mass is 235 g/mol. The van der Waals surface area contributed by atoms with Crippen LogP contribution in [0, 0.1) is 0 Å². The van der Waals surface area contributed by atoms with Crippen LogP contribution < -0.4 is 14.8 Å². The zero-order chi connectivity index (χ0) is 12.7. The molecule has 0 aliphatic carbocycles. The Balaban J connectivity index is 2.51. The van der Waals surface area contributed by atoms with Crippen LogP contribution in [0.15, 0.2) is 36.9 Å². The van der Waals surface area contributed by atoms with Gasteiger partial charge in [-0.2, -0.15) is 0 Å². The van der Waals surface area contributed by atoms with E-state index in [4.69, 9.17) is 9.47 Å². The van der Waals surface area contributed by atoms with E-state index in [1.807, 2.05) is 0 Å². The summed E-state index contributed by atoms with van der Waals surface area (Å²) < 4.78 is 10.5. The number of nitrogens with one attached hydrogen (secondary N) is 1. The third-order valence-electron chi connectivity index (χ3n) is 2.16. The zero-order valence-electron chi connectivity index (χ0n) is 10.1. The second-order valence-corrected chi connectivity index (χ2v) is 3.47. The molecule has 4 heteroatoms. The van der Waals surface area contributed by atoms with E-state index < -0.39 is 6.10 Å². The lowest BCUT2D eigenvalue weighted by Gasteiger charge is -2.14. The molecule has 0 aliphatic rings. The van der Waals surface area contributed by atoms with Gasteiger partial charge in [0.2, 0.25) is 0 Å². The minimum Gasteiger partial charge on any atom is -0.497 e. The van der Waals surface area contributed by atoms with Crippen LogP contribution in [0.5, 0.6) is 11.5 Å². The molecule has 0 bridgehead atoms. The molecule has 0 fully saturated rings. The summed E-state index contributed by atoms with van der Waals surface area (Å²) in [6.07, 6.45) is 1.08. The summed E-state index contributed by atoms with van der Waals surface area (Å²) in [5.74, 6) is 1.22. The maximum Gasteiger partial charge on any atom is 0.261 e. The first kappa shape index (κ1) is 13.1. The second kappa shape index (κ2) is 6.58. The molecule has 1 aromatic carbocycles. The fourth-order valence-corrected chi connectivity index (χ4v) is 1.23. The minimum atomic E-state index is -0.539. The van der Waals surface area contributed by atoms with Crippen molar-refractivity contribution < 1.29 is 14.3 Å². The Kier molecular flexibility index (Phi) is 5.07. The van der Waals surface area contributed by atoms with E-state index in [0.29, 0.717) is 12.3 Å². The Labute approximate surface area is 101 Å². The number of hydrogen-bond donors (Lipinski definition) is 1. The van der Waals surface area contributed by atoms with Gasteiger partial charge < -0.3 is 14.8 Å². The Morgan fingerprint density at radius 1 is 1.41 bits per heavy atom. The smallest absolute Gasteiger partial charge is 0.261 e. The molecular formula is C13H17NO3. The molecule has 92 valence electrons. The normalized spacial score (nSPS) is 11.4. The maximum absolute atomic E-state index is 11.5. The summed E-state index contributed by atoms with van der Waals surface area (Å²) in [6.45, 7) is 5.66. The van der Waals surface area contributed by atoms with Crippen molar-refractivity contribution in [3.8, 4) is 11.5 Å². The fourth-order valence-electron chi connectivity index (χ4n) is 1.23. The molecule has 17 heavy (non-hydrogen) atoms. The quantitative estimate of drug-likeness (QED) is 0.764. The van der Waals surface area contributed by atoms with Gasteiger partial charge in [-0.15, -0.1) is 6.58 Å². The van der Waals surface area contributed by atoms with Gasteiger partial charge in [-0.3, -0.25) is 4.79 Å². The van der Waals surface area contributed by atoms with Gasteiger partial charge >= 0.3 is 0 Å². The molecule has 4 nitrogen and oxygen atoms in total. The molecule has 0 heterocycles. The lowest BCUT2D eigenvalue weighted by atomic mass is 10.3. The Morgan fingerprint density at radius 3 is 2.53 bits per heavy atom. The number of carbonyl (C=O) groups is 1. The standard InChI is InChI=1S/C13H17NO3/c1-4-9-14-13(15)10(2)17-12-7-5-11(16-3)6-8-12/h4-8,10H,1,9H2,2-3H3,(H,14,15)/t10-/m1/s1. The molecule has 0 saturated carbocycles. The van der Waals surface area contributed by atoms with Crippen LogP contribution >= 0.6 is 0 Å². The number of hydrogen-bond acceptors (Lipinski definition) is 3. The predicted molar refractivity (Wildman–Crippen MR) is 66.3 cm³/mol. The molecule has 1 amide bonds. The SMILES string of the molecule is C=CCNC(=O)[C@@H](C)Oc1ccc(OC)cc1. The topological polar surface area (TPSA) is 47.6 Å². The summed E-state index contributed by atoms with van der Waals surface area (Å²) in [4.78, 5) is 11.5. The number of benzene rings is 1. The highest BCUT2D eigenvalue weighted by molar-refractivity contribution is 5.80. The van der Waals surface area contributed by atoms with Gasteiger partial charge in [0.15, 0.2) is 6.10 Å². The summed E-state index contributed by atoms with van der Waals surface area (Å²) in [5, 5.41) is 2.67. The van der Waals surface area contributed by atoms with E-state index >= 15 is 0 Å². The first-order valence-corrected chi connectivity index (χ1v) is 5.36. The Bertz CT molecular complexity index is 373. The second-order valence-electron chi connectivity index (χ2n) is 3.47. The van der Waals surface area contributed by atoms with Crippen LogP contribution in [-0.2, 0) is 4.79 Å². The molecule has 0 spiro atoms. The van der Waals surface area contributed by atoms with E-state index in [0.717, 1.165) is 5.75 Å². The van der Waals surface area contributed by atoms with Crippen molar-refractivity contribution in [2.24, 2.45) is 0 Å². The number of methoxy groups -OCH3 is 1. The van der Waals surface area contributed by atoms with Crippen molar-refractivity contribution in [3.05, 3.63) is 36.9 Å². The number of amides is 1. The van der Waals surface area contributed by atoms with Gasteiger partial charge in [0.1, 0.15) is 11.5 Å². The summed E-state index contributed by atoms with van der Waals surface area (Å²) in [7, 11) is 1.60. The van der Waals surface area contributed by atoms with E-state index in [1.54, 1.807) is 44.4 Å². The Hall–Kier alpha value is -1.97. The third-order valence-corrected chi connectivity index (χ3v) is 2.16. The molecule has 1 N–H and O–H groups in total. The lowest BCUT2D eigenvalue weighted by Crippen LogP contribution is -2.36. The molecule has 1 rings (SSSR count). The van der Waals surface area contributed by atoms with Crippen LogP contribution in [0.2, 0.25) is 0 Å². The molecule has 0 aliphatic heterocycles. The highest BCUT2D eigenvalue weighted by Gasteiger charge is 2.13. The van der Waals surface area contributed by atoms with Gasteiger partial charge in [0.05, 0.1) is 7.11 Å². The molecule has 0 radical (unpaired) electrons. The van der Waals surface area contributed by atoms with E-state index in [2.05, 4.69) is 11.9 Å². The zero-order valence-corrected chi connectivity index (χ0v) is 10.1. The number of rotatable bonds is 6. The van der Waals surface area contributed by atoms with Crippen LogP contribution in [0.3, 0.4) is 0 Å². The van der Waals surface area contributed by atoms with E-state index in [9.17, 15) is 4.79 Å². The van der Waals surface area contributed by atoms with Gasteiger partial charge in [-0.05, 0) is 31.2 Å². The summed E-state index contributed by atoms with van der Waals surface area (Å²) in [5.41, 5.74) is 0. The van der Waals surface area contributed by atoms with Crippen molar-refractivity contribution >= 4 is 5.91 Å². The van der Waals surface area contributed by atoms with Crippen molar-refractivity contribution in [1.82, 2.24) is 5.32 Å². The third kappa shape index (κ3) is 4.18. The van der Waals surface area contributed by atoms with Gasteiger partial charge in [0.25, 0.3) is 5.91 Å². The fraction of sp³-hybridized carbons (Fsp3) is 0.308. The predicted octanol–water partition coefficient (Wildman–Crippen LogP) is 1.76. The molecule has 1 atom stereocenters. The van der Waals surface area contributed by atoms with Crippen molar-refractivity contribution in [2.45, 2.75) is 13.0 Å². The molecule has 0 aromatic heterocycles. The maximum atomic E-state index is 11.5. The van der Waals surface area contributed by atoms with Gasteiger partial charge in [-0.1, -0.05) is 6.08 Å². The van der Waals surface area contributed by atoms with Gasteiger partial charge in [-0.25, -0.2) is 0 Å². The van der Waals surface area contributed by atoms with Crippen molar-refractivity contribution in [3.63, 3.8) is 0 Å². The first-order chi connectivity index (χ1) is 8.17. The highest BCUT2D eigenvalue weighted by atomic mass is 16.5. The average Bonchev–Trinajstić information content (AvgIpc) is 2.36. The lowest BCUT2D eigenvalue weighted by molar-refractivity contribution is -0.127. The number of ether oxygens (including phenoxy) is 2. The first-order valence-electron chi connectivity index (χ1n) is 5.36. The molecule has 1 aromatic rings. The molecular weight excluding hydrogens is 218 g/mol. The highest BCUT2D eigenvalue weighted by Crippen LogP contribution is 2.18. The van der Waals surface area contributed by atoms with E-state index in [-0.39, 0.29) is 5.91 Å². The average molecular weight is 235 g/mol. The van der Waals surface area contributed by atoms with E-state index in [1.165, 1.54) is 0 Å². The molecule has 0 saturated heterocycles. The van der Waals surface area contributed by atoms with Crippen molar-refractivity contribution in [1.29, 1.82) is 0 Å². The molecule has 0 unspecified atom stereocenters. The Morgan fingerprint density at radius 2 is 2.00 bits per heavy atom. The van der Waals surface area contributed by atoms with Crippen LogP contribution in [-0.4, -0.2) is 25.7 Å². The summed E-state index contributed by atoms with van der Waals surface area (Å²) >= 11 is 0. The minimum absolute atomic E-state index is 0.166. The van der Waals surface area contributed by atoms with Crippen molar-refractivity contribution in [2.75, 3.05) is 13.7 Å². The summed E-state index contributed by atoms with van der Waals surface area (Å²) in [6, 6.07) is 7.08. The van der Waals surface area contributed by atoms with Crippen LogP contribution in [0.4, 0.5) is 0 Å². The number of carbonyl (C=O) groups excluding carboxylic acids is 1. The van der Waals surface area contributed by atoms with Gasteiger partial charge in [0, 0.05) is 6.54 Å². The van der Waals surface area contributed by atoms with Crippen LogP contribution in [0.25, 0.3) is 0 Å².